The van der Waals surface area contributed by atoms with Crippen LogP contribution in [0.4, 0.5) is 15.2 Å². The van der Waals surface area contributed by atoms with Crippen molar-refractivity contribution in [3.8, 4) is 0 Å². The number of anilines is 2. The van der Waals surface area contributed by atoms with E-state index >= 15 is 0 Å². The maximum Gasteiger partial charge on any atom is 0.258 e. The van der Waals surface area contributed by atoms with Crippen LogP contribution in [0.5, 0.6) is 0 Å². The van der Waals surface area contributed by atoms with Gasteiger partial charge in [0.15, 0.2) is 5.13 Å². The SMILES string of the molecule is O=C(Nc1nc(CC(=O)N2CCN(c3ccc(F)cc3)CC2)cs1)c1ccsc1. The molecule has 0 bridgehead atoms. The van der Waals surface area contributed by atoms with E-state index in [4.69, 9.17) is 0 Å². The average molecular weight is 431 g/mol. The molecule has 0 radical (unpaired) electrons. The molecule has 1 N–H and O–H groups in total. The Morgan fingerprint density at radius 3 is 2.52 bits per heavy atom. The molecule has 1 aliphatic heterocycles. The number of hydrogen-bond acceptors (Lipinski definition) is 6. The summed E-state index contributed by atoms with van der Waals surface area (Å²) < 4.78 is 13.1. The van der Waals surface area contributed by atoms with E-state index in [1.54, 1.807) is 29.0 Å². The normalized spacial score (nSPS) is 14.1. The van der Waals surface area contributed by atoms with Gasteiger partial charge >= 0.3 is 0 Å². The van der Waals surface area contributed by atoms with Crippen molar-refractivity contribution in [3.63, 3.8) is 0 Å². The summed E-state index contributed by atoms with van der Waals surface area (Å²) in [4.78, 5) is 33.0. The third-order valence-electron chi connectivity index (χ3n) is 4.71. The van der Waals surface area contributed by atoms with Crippen molar-refractivity contribution in [1.29, 1.82) is 0 Å². The van der Waals surface area contributed by atoms with Crippen molar-refractivity contribution in [2.75, 3.05) is 36.4 Å². The van der Waals surface area contributed by atoms with Crippen LogP contribution in [0.3, 0.4) is 0 Å². The van der Waals surface area contributed by atoms with E-state index in [2.05, 4.69) is 15.2 Å². The van der Waals surface area contributed by atoms with Crippen LogP contribution in [0.25, 0.3) is 0 Å². The number of thiophene rings is 1. The summed E-state index contributed by atoms with van der Waals surface area (Å²) in [6.45, 7) is 2.64. The number of rotatable bonds is 5. The molecule has 3 heterocycles. The first-order chi connectivity index (χ1) is 14.1. The van der Waals surface area contributed by atoms with Crippen LogP contribution in [0, 0.1) is 5.82 Å². The summed E-state index contributed by atoms with van der Waals surface area (Å²) in [6, 6.07) is 8.17. The van der Waals surface area contributed by atoms with E-state index < -0.39 is 0 Å². The van der Waals surface area contributed by atoms with E-state index in [9.17, 15) is 14.0 Å². The summed E-state index contributed by atoms with van der Waals surface area (Å²) in [5, 5.41) is 8.68. The molecule has 0 atom stereocenters. The van der Waals surface area contributed by atoms with Gasteiger partial charge in [-0.25, -0.2) is 9.37 Å². The zero-order valence-corrected chi connectivity index (χ0v) is 17.1. The molecule has 1 aromatic carbocycles. The number of piperazine rings is 1. The number of carbonyl (C=O) groups excluding carboxylic acids is 2. The quantitative estimate of drug-likeness (QED) is 0.673. The van der Waals surface area contributed by atoms with E-state index in [1.807, 2.05) is 10.3 Å². The fourth-order valence-electron chi connectivity index (χ4n) is 3.14. The fraction of sp³-hybridized carbons (Fsp3) is 0.250. The number of amides is 2. The number of carbonyl (C=O) groups is 2. The van der Waals surface area contributed by atoms with Crippen LogP contribution in [-0.2, 0) is 11.2 Å². The molecular formula is C20H19FN4O2S2. The molecule has 6 nitrogen and oxygen atoms in total. The molecule has 0 aliphatic carbocycles. The maximum absolute atomic E-state index is 13.1. The summed E-state index contributed by atoms with van der Waals surface area (Å²) in [7, 11) is 0. The second kappa shape index (κ2) is 8.71. The number of hydrogen-bond donors (Lipinski definition) is 1. The van der Waals surface area contributed by atoms with Crippen LogP contribution in [0.1, 0.15) is 16.1 Å². The van der Waals surface area contributed by atoms with Crippen molar-refractivity contribution in [2.24, 2.45) is 0 Å². The Labute approximate surface area is 175 Å². The zero-order valence-electron chi connectivity index (χ0n) is 15.5. The van der Waals surface area contributed by atoms with Gasteiger partial charge in [-0.1, -0.05) is 0 Å². The highest BCUT2D eigenvalue weighted by Crippen LogP contribution is 2.20. The van der Waals surface area contributed by atoms with Gasteiger partial charge in [0.05, 0.1) is 17.7 Å². The molecule has 1 saturated heterocycles. The molecule has 0 spiro atoms. The Morgan fingerprint density at radius 2 is 1.83 bits per heavy atom. The zero-order chi connectivity index (χ0) is 20.2. The second-order valence-corrected chi connectivity index (χ2v) is 8.27. The molecule has 2 amide bonds. The maximum atomic E-state index is 13.1. The van der Waals surface area contributed by atoms with E-state index in [1.165, 1.54) is 34.8 Å². The number of benzene rings is 1. The topological polar surface area (TPSA) is 65.5 Å². The van der Waals surface area contributed by atoms with Gasteiger partial charge in [0.25, 0.3) is 5.91 Å². The van der Waals surface area contributed by atoms with Gasteiger partial charge in [-0.3, -0.25) is 14.9 Å². The van der Waals surface area contributed by atoms with Gasteiger partial charge in [0.2, 0.25) is 5.91 Å². The minimum atomic E-state index is -0.253. The minimum absolute atomic E-state index is 0.0183. The molecule has 150 valence electrons. The lowest BCUT2D eigenvalue weighted by molar-refractivity contribution is -0.130. The number of nitrogens with zero attached hydrogens (tertiary/aromatic N) is 3. The van der Waals surface area contributed by atoms with E-state index in [0.717, 1.165) is 5.69 Å². The molecule has 4 rings (SSSR count). The Kier molecular flexibility index (Phi) is 5.86. The highest BCUT2D eigenvalue weighted by molar-refractivity contribution is 7.14. The van der Waals surface area contributed by atoms with E-state index in [0.29, 0.717) is 42.6 Å². The Bertz CT molecular complexity index is 980. The van der Waals surface area contributed by atoms with Crippen molar-refractivity contribution in [1.82, 2.24) is 9.88 Å². The highest BCUT2D eigenvalue weighted by Gasteiger charge is 2.22. The fourth-order valence-corrected chi connectivity index (χ4v) is 4.48. The first-order valence-electron chi connectivity index (χ1n) is 9.15. The number of aromatic nitrogens is 1. The molecule has 1 fully saturated rings. The Hall–Kier alpha value is -2.78. The highest BCUT2D eigenvalue weighted by atomic mass is 32.1. The van der Waals surface area contributed by atoms with Gasteiger partial charge in [-0.2, -0.15) is 11.3 Å². The first-order valence-corrected chi connectivity index (χ1v) is 11.0. The third-order valence-corrected chi connectivity index (χ3v) is 6.20. The van der Waals surface area contributed by atoms with Crippen LogP contribution >= 0.6 is 22.7 Å². The summed E-state index contributed by atoms with van der Waals surface area (Å²) in [5.41, 5.74) is 2.22. The minimum Gasteiger partial charge on any atom is -0.368 e. The van der Waals surface area contributed by atoms with Gasteiger partial charge in [-0.15, -0.1) is 11.3 Å². The Morgan fingerprint density at radius 1 is 1.07 bits per heavy atom. The molecule has 29 heavy (non-hydrogen) atoms. The lowest BCUT2D eigenvalue weighted by Gasteiger charge is -2.36. The average Bonchev–Trinajstić information content (AvgIpc) is 3.41. The molecule has 3 aromatic rings. The van der Waals surface area contributed by atoms with Crippen molar-refractivity contribution >= 4 is 45.3 Å². The number of thiazole rings is 1. The van der Waals surface area contributed by atoms with Crippen LogP contribution < -0.4 is 10.2 Å². The molecular weight excluding hydrogens is 411 g/mol. The lowest BCUT2D eigenvalue weighted by Crippen LogP contribution is -2.49. The molecule has 0 unspecified atom stereocenters. The Balaban J connectivity index is 1.28. The van der Waals surface area contributed by atoms with Gasteiger partial charge < -0.3 is 9.80 Å². The summed E-state index contributed by atoms with van der Waals surface area (Å²) in [6.07, 6.45) is 0.210. The third kappa shape index (κ3) is 4.80. The van der Waals surface area contributed by atoms with E-state index in [-0.39, 0.29) is 24.1 Å². The van der Waals surface area contributed by atoms with Gasteiger partial charge in [0.1, 0.15) is 5.82 Å². The van der Waals surface area contributed by atoms with Crippen molar-refractivity contribution in [2.45, 2.75) is 6.42 Å². The predicted molar refractivity (Wildman–Crippen MR) is 113 cm³/mol. The van der Waals surface area contributed by atoms with Gasteiger partial charge in [-0.05, 0) is 35.7 Å². The van der Waals surface area contributed by atoms with Crippen LogP contribution in [0.15, 0.2) is 46.5 Å². The predicted octanol–water partition coefficient (Wildman–Crippen LogP) is 3.49. The number of halogens is 1. The van der Waals surface area contributed by atoms with Gasteiger partial charge in [0, 0.05) is 42.6 Å². The largest absolute Gasteiger partial charge is 0.368 e. The summed E-state index contributed by atoms with van der Waals surface area (Å²) >= 11 is 2.77. The monoisotopic (exact) mass is 430 g/mol. The van der Waals surface area contributed by atoms with Crippen LogP contribution in [0.2, 0.25) is 0 Å². The molecule has 0 saturated carbocycles. The molecule has 2 aromatic heterocycles. The van der Waals surface area contributed by atoms with Crippen molar-refractivity contribution < 1.29 is 14.0 Å². The molecule has 9 heteroatoms. The standard InChI is InChI=1S/C20H19FN4O2S2/c21-15-1-3-17(4-2-15)24-6-8-25(9-7-24)18(26)11-16-13-29-20(22-16)23-19(27)14-5-10-28-12-14/h1-5,10,12-13H,6-9,11H2,(H,22,23,27). The smallest absolute Gasteiger partial charge is 0.258 e. The lowest BCUT2D eigenvalue weighted by atomic mass is 10.2. The first kappa shape index (κ1) is 19.5. The van der Waals surface area contributed by atoms with Crippen molar-refractivity contribution in [3.05, 3.63) is 63.5 Å². The van der Waals surface area contributed by atoms with Crippen LogP contribution in [-0.4, -0.2) is 47.9 Å². The second-order valence-electron chi connectivity index (χ2n) is 6.63. The molecule has 1 aliphatic rings. The number of nitrogens with one attached hydrogen (secondary N) is 1. The summed E-state index contributed by atoms with van der Waals surface area (Å²) in [5.74, 6) is -0.433.